The summed E-state index contributed by atoms with van der Waals surface area (Å²) in [5.74, 6) is 1.04. The highest BCUT2D eigenvalue weighted by molar-refractivity contribution is 6.31. The van der Waals surface area contributed by atoms with Gasteiger partial charge in [-0.25, -0.2) is 4.98 Å². The van der Waals surface area contributed by atoms with Crippen LogP contribution in [0.2, 0.25) is 5.02 Å². The van der Waals surface area contributed by atoms with E-state index in [-0.39, 0.29) is 5.92 Å². The van der Waals surface area contributed by atoms with Crippen LogP contribution in [0.4, 0.5) is 0 Å². The smallest absolute Gasteiger partial charge is 0.232 e. The largest absolute Gasteiger partial charge is 0.476 e. The van der Waals surface area contributed by atoms with Crippen molar-refractivity contribution in [3.05, 3.63) is 23.4 Å². The molecular weight excluding hydrogens is 223 g/mol. The highest BCUT2D eigenvalue weighted by atomic mass is 35.5. The van der Waals surface area contributed by atoms with Gasteiger partial charge < -0.3 is 10.5 Å². The van der Waals surface area contributed by atoms with Gasteiger partial charge in [-0.2, -0.15) is 0 Å². The maximum atomic E-state index is 5.84. The lowest BCUT2D eigenvalue weighted by atomic mass is 10.2. The summed E-state index contributed by atoms with van der Waals surface area (Å²) in [6.45, 7) is 0.935. The molecule has 5 heteroatoms. The van der Waals surface area contributed by atoms with Crippen LogP contribution in [-0.2, 0) is 0 Å². The molecule has 1 atom stereocenters. The van der Waals surface area contributed by atoms with Crippen molar-refractivity contribution in [2.24, 2.45) is 11.7 Å². The van der Waals surface area contributed by atoms with Crippen molar-refractivity contribution in [1.29, 1.82) is 0 Å². The molecule has 1 aromatic heterocycles. The van der Waals surface area contributed by atoms with Crippen LogP contribution in [0.25, 0.3) is 0 Å². The van der Waals surface area contributed by atoms with Gasteiger partial charge >= 0.3 is 0 Å². The van der Waals surface area contributed by atoms with Gasteiger partial charge in [-0.1, -0.05) is 11.6 Å². The third-order valence-electron chi connectivity index (χ3n) is 1.73. The molecule has 2 N–H and O–H groups in total. The zero-order valence-corrected chi connectivity index (χ0v) is 9.13. The molecule has 1 rings (SSSR count). The third kappa shape index (κ3) is 3.33. The van der Waals surface area contributed by atoms with Crippen LogP contribution < -0.4 is 10.5 Å². The van der Waals surface area contributed by atoms with Crippen molar-refractivity contribution < 1.29 is 4.74 Å². The maximum Gasteiger partial charge on any atom is 0.232 e. The van der Waals surface area contributed by atoms with Crippen molar-refractivity contribution >= 4 is 23.2 Å². The fourth-order valence-corrected chi connectivity index (χ4v) is 1.24. The molecule has 0 aromatic carbocycles. The van der Waals surface area contributed by atoms with Crippen LogP contribution >= 0.6 is 23.2 Å². The zero-order valence-electron chi connectivity index (χ0n) is 7.62. The second-order valence-corrected chi connectivity index (χ2v) is 3.57. The second-order valence-electron chi connectivity index (χ2n) is 2.86. The fourth-order valence-electron chi connectivity index (χ4n) is 0.850. The van der Waals surface area contributed by atoms with Crippen molar-refractivity contribution in [2.75, 3.05) is 19.0 Å². The minimum atomic E-state index is 0.134. The van der Waals surface area contributed by atoms with Gasteiger partial charge in [0.15, 0.2) is 0 Å². The number of pyridine rings is 1. The molecule has 0 saturated carbocycles. The first-order chi connectivity index (χ1) is 6.77. The van der Waals surface area contributed by atoms with E-state index in [0.717, 1.165) is 0 Å². The standard InChI is InChI=1S/C9H12Cl2N2O/c10-4-7(5-12)6-14-9-8(11)2-1-3-13-9/h1-3,7H,4-6,12H2. The van der Waals surface area contributed by atoms with E-state index in [1.54, 1.807) is 18.3 Å². The number of halogens is 2. The molecule has 0 aliphatic carbocycles. The van der Waals surface area contributed by atoms with E-state index in [4.69, 9.17) is 33.7 Å². The molecule has 0 radical (unpaired) electrons. The van der Waals surface area contributed by atoms with Crippen LogP contribution in [0.3, 0.4) is 0 Å². The molecule has 0 spiro atoms. The quantitative estimate of drug-likeness (QED) is 0.793. The average Bonchev–Trinajstić information content (AvgIpc) is 2.22. The highest BCUT2D eigenvalue weighted by Gasteiger charge is 2.08. The van der Waals surface area contributed by atoms with Crippen LogP contribution in [0.15, 0.2) is 18.3 Å². The Kier molecular flexibility index (Phi) is 5.01. The Labute approximate surface area is 93.2 Å². The van der Waals surface area contributed by atoms with Crippen molar-refractivity contribution in [1.82, 2.24) is 4.98 Å². The number of rotatable bonds is 5. The summed E-state index contributed by atoms with van der Waals surface area (Å²) in [5, 5.41) is 0.498. The van der Waals surface area contributed by atoms with Gasteiger partial charge in [0.25, 0.3) is 0 Å². The molecule has 14 heavy (non-hydrogen) atoms. The Morgan fingerprint density at radius 1 is 1.57 bits per heavy atom. The first-order valence-electron chi connectivity index (χ1n) is 4.27. The Hall–Kier alpha value is -0.510. The topological polar surface area (TPSA) is 48.1 Å². The monoisotopic (exact) mass is 234 g/mol. The van der Waals surface area contributed by atoms with Gasteiger partial charge in [0.05, 0.1) is 6.61 Å². The van der Waals surface area contributed by atoms with E-state index < -0.39 is 0 Å². The summed E-state index contributed by atoms with van der Waals surface area (Å²) in [4.78, 5) is 3.98. The Bertz CT molecular complexity index is 279. The molecule has 0 aliphatic rings. The number of ether oxygens (including phenoxy) is 1. The molecule has 3 nitrogen and oxygen atoms in total. The number of hydrogen-bond acceptors (Lipinski definition) is 3. The molecule has 0 saturated heterocycles. The van der Waals surface area contributed by atoms with Gasteiger partial charge in [-0.15, -0.1) is 11.6 Å². The number of alkyl halides is 1. The Morgan fingerprint density at radius 2 is 2.36 bits per heavy atom. The van der Waals surface area contributed by atoms with Gasteiger partial charge in [0, 0.05) is 18.0 Å². The van der Waals surface area contributed by atoms with Crippen LogP contribution in [-0.4, -0.2) is 24.0 Å². The summed E-state index contributed by atoms with van der Waals surface area (Å²) in [5.41, 5.74) is 5.47. The number of nitrogens with zero attached hydrogens (tertiary/aromatic N) is 1. The lowest BCUT2D eigenvalue weighted by molar-refractivity contribution is 0.256. The molecule has 0 amide bonds. The summed E-state index contributed by atoms with van der Waals surface area (Å²) < 4.78 is 5.37. The van der Waals surface area contributed by atoms with Gasteiger partial charge in [-0.05, 0) is 18.7 Å². The molecule has 0 bridgehead atoms. The van der Waals surface area contributed by atoms with E-state index in [0.29, 0.717) is 29.9 Å². The first kappa shape index (κ1) is 11.6. The second kappa shape index (κ2) is 6.06. The summed E-state index contributed by atoms with van der Waals surface area (Å²) in [7, 11) is 0. The molecule has 1 aromatic rings. The molecule has 0 fully saturated rings. The highest BCUT2D eigenvalue weighted by Crippen LogP contribution is 2.20. The summed E-state index contributed by atoms with van der Waals surface area (Å²) >= 11 is 11.5. The van der Waals surface area contributed by atoms with Crippen LogP contribution in [0, 0.1) is 5.92 Å². The van der Waals surface area contributed by atoms with E-state index in [9.17, 15) is 0 Å². The third-order valence-corrected chi connectivity index (χ3v) is 2.46. The summed E-state index contributed by atoms with van der Waals surface area (Å²) in [6, 6.07) is 3.47. The number of hydrogen-bond donors (Lipinski definition) is 1. The van der Waals surface area contributed by atoms with Crippen molar-refractivity contribution in [2.45, 2.75) is 0 Å². The Morgan fingerprint density at radius 3 is 2.93 bits per heavy atom. The average molecular weight is 235 g/mol. The van der Waals surface area contributed by atoms with Crippen LogP contribution in [0.1, 0.15) is 0 Å². The van der Waals surface area contributed by atoms with Crippen molar-refractivity contribution in [3.63, 3.8) is 0 Å². The lowest BCUT2D eigenvalue weighted by Gasteiger charge is -2.12. The molecule has 1 heterocycles. The number of aromatic nitrogens is 1. The maximum absolute atomic E-state index is 5.84. The van der Waals surface area contributed by atoms with Gasteiger partial charge in [0.2, 0.25) is 5.88 Å². The van der Waals surface area contributed by atoms with Gasteiger partial charge in [0.1, 0.15) is 5.02 Å². The fraction of sp³-hybridized carbons (Fsp3) is 0.444. The predicted molar refractivity (Wildman–Crippen MR) is 58.0 cm³/mol. The van der Waals surface area contributed by atoms with E-state index in [2.05, 4.69) is 4.98 Å². The summed E-state index contributed by atoms with van der Waals surface area (Å²) in [6.07, 6.45) is 1.62. The Balaban J connectivity index is 2.49. The lowest BCUT2D eigenvalue weighted by Crippen LogP contribution is -2.23. The zero-order chi connectivity index (χ0) is 10.4. The SMILES string of the molecule is NCC(CCl)COc1ncccc1Cl. The van der Waals surface area contributed by atoms with E-state index >= 15 is 0 Å². The molecular formula is C9H12Cl2N2O. The normalized spacial score (nSPS) is 12.5. The minimum Gasteiger partial charge on any atom is -0.476 e. The minimum absolute atomic E-state index is 0.134. The predicted octanol–water partition coefficient (Wildman–Crippen LogP) is 1.93. The molecule has 1 unspecified atom stereocenters. The molecule has 0 aliphatic heterocycles. The van der Waals surface area contributed by atoms with Crippen molar-refractivity contribution in [3.8, 4) is 5.88 Å². The van der Waals surface area contributed by atoms with E-state index in [1.165, 1.54) is 0 Å². The van der Waals surface area contributed by atoms with E-state index in [1.807, 2.05) is 0 Å². The van der Waals surface area contributed by atoms with Crippen LogP contribution in [0.5, 0.6) is 5.88 Å². The van der Waals surface area contributed by atoms with Gasteiger partial charge in [-0.3, -0.25) is 0 Å². The first-order valence-corrected chi connectivity index (χ1v) is 5.18. The molecule has 78 valence electrons. The number of nitrogens with two attached hydrogens (primary N) is 1.